The van der Waals surface area contributed by atoms with E-state index in [-0.39, 0.29) is 23.5 Å². The van der Waals surface area contributed by atoms with Crippen molar-refractivity contribution in [2.45, 2.75) is 31.3 Å². The molecule has 19 heavy (non-hydrogen) atoms. The third-order valence-electron chi connectivity index (χ3n) is 5.45. The second kappa shape index (κ2) is 2.86. The molecule has 4 atom stereocenters. The summed E-state index contributed by atoms with van der Waals surface area (Å²) in [5.41, 5.74) is 2.59. The Morgan fingerprint density at radius 3 is 1.84 bits per heavy atom. The van der Waals surface area contributed by atoms with Crippen LogP contribution in [0.1, 0.15) is 31.3 Å². The zero-order chi connectivity index (χ0) is 12.9. The van der Waals surface area contributed by atoms with Crippen LogP contribution in [0.15, 0.2) is 32.9 Å². The van der Waals surface area contributed by atoms with Gasteiger partial charge in [0, 0.05) is 25.3 Å². The van der Waals surface area contributed by atoms with E-state index in [1.54, 1.807) is 16.4 Å². The van der Waals surface area contributed by atoms with Crippen LogP contribution in [0.3, 0.4) is 0 Å². The van der Waals surface area contributed by atoms with Crippen LogP contribution in [0, 0.1) is 11.8 Å². The van der Waals surface area contributed by atoms with E-state index in [1.807, 2.05) is 0 Å². The highest BCUT2D eigenvalue weighted by Gasteiger charge is 2.51. The maximum Gasteiger partial charge on any atom is 0.347 e. The van der Waals surface area contributed by atoms with Gasteiger partial charge in [0.2, 0.25) is 0 Å². The predicted molar refractivity (Wildman–Crippen MR) is 69.0 cm³/mol. The fourth-order valence-electron chi connectivity index (χ4n) is 4.71. The normalized spacial score (nSPS) is 37.1. The van der Waals surface area contributed by atoms with Crippen LogP contribution in [0.2, 0.25) is 0 Å². The first kappa shape index (κ1) is 10.1. The molecular weight excluding hydrogens is 242 g/mol. The minimum absolute atomic E-state index is 0.138. The first-order chi connectivity index (χ1) is 9.18. The van der Waals surface area contributed by atoms with Crippen molar-refractivity contribution in [2.24, 2.45) is 18.9 Å². The van der Waals surface area contributed by atoms with Gasteiger partial charge in [-0.2, -0.15) is 0 Å². The van der Waals surface area contributed by atoms with Crippen molar-refractivity contribution in [3.63, 3.8) is 0 Å². The van der Waals surface area contributed by atoms with Crippen molar-refractivity contribution in [3.8, 4) is 0 Å². The molecule has 0 saturated carbocycles. The highest BCUT2D eigenvalue weighted by Crippen LogP contribution is 2.58. The first-order valence-corrected chi connectivity index (χ1v) is 7.00. The topological polar surface area (TPSA) is 48.9 Å². The zero-order valence-corrected chi connectivity index (χ0v) is 10.7. The number of nitrogens with zero attached hydrogens (tertiary/aromatic N) is 3. The van der Waals surface area contributed by atoms with Crippen LogP contribution >= 0.6 is 0 Å². The van der Waals surface area contributed by atoms with E-state index in [4.69, 9.17) is 0 Å². The Kier molecular flexibility index (Phi) is 1.52. The Balaban J connectivity index is 1.82. The maximum atomic E-state index is 12.2. The predicted octanol–water partition coefficient (Wildman–Crippen LogP) is 0.741. The molecular formula is C14H15N3O2. The van der Waals surface area contributed by atoms with E-state index in [0.717, 1.165) is 6.42 Å². The molecule has 6 rings (SSSR count). The van der Waals surface area contributed by atoms with Gasteiger partial charge in [0.05, 0.1) is 12.1 Å². The lowest BCUT2D eigenvalue weighted by atomic mass is 9.71. The summed E-state index contributed by atoms with van der Waals surface area (Å²) in [4.78, 5) is 24.4. The molecule has 1 aromatic heterocycles. The first-order valence-electron chi connectivity index (χ1n) is 7.00. The molecule has 4 aliphatic carbocycles. The number of hydrogen-bond donors (Lipinski definition) is 0. The summed E-state index contributed by atoms with van der Waals surface area (Å²) >= 11 is 0. The molecule has 0 aromatic carbocycles. The summed E-state index contributed by atoms with van der Waals surface area (Å²) < 4.78 is 4.66. The molecule has 0 saturated heterocycles. The number of fused-ring (bicyclic) bond motifs is 6. The average Bonchev–Trinajstić information content (AvgIpc) is 3.09. The molecule has 5 aliphatic rings. The van der Waals surface area contributed by atoms with Crippen molar-refractivity contribution < 1.29 is 0 Å². The highest BCUT2D eigenvalue weighted by atomic mass is 16.2. The minimum atomic E-state index is -0.158. The van der Waals surface area contributed by atoms with Gasteiger partial charge < -0.3 is 0 Å². The van der Waals surface area contributed by atoms with Gasteiger partial charge in [-0.05, 0) is 24.0 Å². The summed E-state index contributed by atoms with van der Waals surface area (Å²) in [7, 11) is 1.58. The molecule has 1 aromatic rings. The van der Waals surface area contributed by atoms with Crippen molar-refractivity contribution in [3.05, 3.63) is 44.3 Å². The second-order valence-corrected chi connectivity index (χ2v) is 6.17. The summed E-state index contributed by atoms with van der Waals surface area (Å²) in [5, 5.41) is 0. The summed E-state index contributed by atoms with van der Waals surface area (Å²) in [6, 6.07) is 0.276. The quantitative estimate of drug-likeness (QED) is 0.644. The molecule has 4 unspecified atom stereocenters. The van der Waals surface area contributed by atoms with Crippen molar-refractivity contribution in [1.29, 1.82) is 0 Å². The molecule has 5 heteroatoms. The maximum absolute atomic E-state index is 12.2. The van der Waals surface area contributed by atoms with Crippen LogP contribution in [-0.2, 0) is 7.05 Å². The Bertz CT molecular complexity index is 727. The summed E-state index contributed by atoms with van der Waals surface area (Å²) in [6.45, 7) is 0. The van der Waals surface area contributed by atoms with Crippen LogP contribution in [0.4, 0.5) is 0 Å². The lowest BCUT2D eigenvalue weighted by Gasteiger charge is -2.38. The van der Waals surface area contributed by atoms with Gasteiger partial charge in [0.25, 0.3) is 0 Å². The second-order valence-electron chi connectivity index (χ2n) is 6.17. The largest absolute Gasteiger partial charge is 0.347 e. The molecule has 5 nitrogen and oxygen atoms in total. The van der Waals surface area contributed by atoms with Gasteiger partial charge in [0.15, 0.2) is 0 Å². The standard InChI is InChI=1S/C14H15N3O2/c1-15-13(18)16-9-6-10(17(16)14(15)19)12-8-3-2-7(4-5-8)11(9)12/h2-3,7-10H,4-6H2,1H3. The fraction of sp³-hybridized carbons (Fsp3) is 0.571. The molecule has 0 radical (unpaired) electrons. The minimum Gasteiger partial charge on any atom is -0.246 e. The molecule has 98 valence electrons. The fourth-order valence-corrected chi connectivity index (χ4v) is 4.71. The van der Waals surface area contributed by atoms with Crippen LogP contribution < -0.4 is 11.4 Å². The van der Waals surface area contributed by atoms with E-state index in [1.165, 1.54) is 28.6 Å². The lowest BCUT2D eigenvalue weighted by molar-refractivity contribution is 0.373. The number of hydrogen-bond acceptors (Lipinski definition) is 2. The highest BCUT2D eigenvalue weighted by molar-refractivity contribution is 5.44. The number of rotatable bonds is 0. The van der Waals surface area contributed by atoms with Crippen molar-refractivity contribution >= 4 is 0 Å². The lowest BCUT2D eigenvalue weighted by Crippen LogP contribution is -2.35. The molecule has 0 fully saturated rings. The molecule has 1 aliphatic heterocycles. The van der Waals surface area contributed by atoms with Crippen LogP contribution in [0.25, 0.3) is 0 Å². The molecule has 0 N–H and O–H groups in total. The number of allylic oxidation sites excluding steroid dienone is 4. The Morgan fingerprint density at radius 1 is 0.947 bits per heavy atom. The van der Waals surface area contributed by atoms with Gasteiger partial charge in [-0.3, -0.25) is 0 Å². The molecule has 0 amide bonds. The monoisotopic (exact) mass is 257 g/mol. The van der Waals surface area contributed by atoms with Gasteiger partial charge in [-0.1, -0.05) is 12.2 Å². The molecule has 0 spiro atoms. The van der Waals surface area contributed by atoms with E-state index in [9.17, 15) is 9.59 Å². The smallest absolute Gasteiger partial charge is 0.246 e. The zero-order valence-electron chi connectivity index (χ0n) is 10.7. The van der Waals surface area contributed by atoms with Gasteiger partial charge in [-0.15, -0.1) is 0 Å². The Morgan fingerprint density at radius 2 is 1.42 bits per heavy atom. The van der Waals surface area contributed by atoms with Crippen LogP contribution in [-0.4, -0.2) is 13.9 Å². The Hall–Kier alpha value is -1.78. The van der Waals surface area contributed by atoms with E-state index >= 15 is 0 Å². The van der Waals surface area contributed by atoms with Gasteiger partial charge in [-0.25, -0.2) is 23.5 Å². The van der Waals surface area contributed by atoms with Gasteiger partial charge in [0.1, 0.15) is 0 Å². The van der Waals surface area contributed by atoms with Crippen molar-refractivity contribution in [1.82, 2.24) is 13.9 Å². The van der Waals surface area contributed by atoms with E-state index in [0.29, 0.717) is 11.8 Å². The molecule has 4 bridgehead atoms. The third-order valence-corrected chi connectivity index (χ3v) is 5.45. The van der Waals surface area contributed by atoms with Gasteiger partial charge >= 0.3 is 11.4 Å². The molecule has 2 heterocycles. The van der Waals surface area contributed by atoms with E-state index in [2.05, 4.69) is 12.2 Å². The number of aromatic nitrogens is 3. The third kappa shape index (κ3) is 0.904. The summed E-state index contributed by atoms with van der Waals surface area (Å²) in [6.07, 6.45) is 7.95. The van der Waals surface area contributed by atoms with E-state index < -0.39 is 0 Å². The van der Waals surface area contributed by atoms with Crippen molar-refractivity contribution in [2.75, 3.05) is 0 Å². The average molecular weight is 257 g/mol. The Labute approximate surface area is 109 Å². The SMILES string of the molecule is Cn1c(=O)n2n(c1=O)C1CC2C2=C1C1C=CC2CC1. The van der Waals surface area contributed by atoms with Crippen LogP contribution in [0.5, 0.6) is 0 Å². The summed E-state index contributed by atoms with van der Waals surface area (Å²) in [5.74, 6) is 1.01.